The van der Waals surface area contributed by atoms with Crippen LogP contribution in [0.4, 0.5) is 0 Å². The van der Waals surface area contributed by atoms with Crippen LogP contribution in [0.1, 0.15) is 40.1 Å². The normalized spacial score (nSPS) is 9.42. The van der Waals surface area contributed by atoms with Crippen LogP contribution in [0.5, 0.6) is 0 Å². The highest BCUT2D eigenvalue weighted by Gasteiger charge is 2.14. The van der Waals surface area contributed by atoms with E-state index in [0.717, 1.165) is 41.4 Å². The van der Waals surface area contributed by atoms with Crippen LogP contribution >= 0.6 is 36.2 Å². The largest absolute Gasteiger partial charge is 0.351 e. The molecule has 1 heterocycles. The van der Waals surface area contributed by atoms with E-state index in [1.807, 2.05) is 14.0 Å². The fourth-order valence-electron chi connectivity index (χ4n) is 1.53. The summed E-state index contributed by atoms with van der Waals surface area (Å²) in [5.74, 6) is 0.0125. The van der Waals surface area contributed by atoms with Crippen molar-refractivity contribution in [3.63, 3.8) is 0 Å². The molecule has 7 heteroatoms. The highest BCUT2D eigenvalue weighted by molar-refractivity contribution is 7.13. The number of aromatic nitrogens is 1. The summed E-state index contributed by atoms with van der Waals surface area (Å²) in [6.07, 6.45) is 2.97. The van der Waals surface area contributed by atoms with E-state index in [1.54, 1.807) is 0 Å². The Balaban J connectivity index is 0. The fraction of sp³-hybridized carbons (Fsp3) is 0.667. The molecule has 1 aromatic heterocycles. The van der Waals surface area contributed by atoms with Gasteiger partial charge in [0.05, 0.1) is 10.7 Å². The Hall–Kier alpha value is -0.360. The topological polar surface area (TPSA) is 54.0 Å². The molecule has 0 aliphatic rings. The van der Waals surface area contributed by atoms with Crippen molar-refractivity contribution in [2.45, 2.75) is 33.1 Å². The molecule has 0 aliphatic carbocycles. The van der Waals surface area contributed by atoms with E-state index in [4.69, 9.17) is 0 Å². The lowest BCUT2D eigenvalue weighted by molar-refractivity contribution is 0.0956. The third-order valence-corrected chi connectivity index (χ3v) is 3.62. The van der Waals surface area contributed by atoms with Crippen LogP contribution in [0.25, 0.3) is 0 Å². The molecule has 0 unspecified atom stereocenters. The number of amides is 1. The molecule has 4 nitrogen and oxygen atoms in total. The molecule has 19 heavy (non-hydrogen) atoms. The Bertz CT molecular complexity index is 372. The number of carbonyl (C=O) groups is 1. The van der Waals surface area contributed by atoms with Gasteiger partial charge in [-0.05, 0) is 39.8 Å². The van der Waals surface area contributed by atoms with Gasteiger partial charge in [-0.3, -0.25) is 4.79 Å². The van der Waals surface area contributed by atoms with Crippen molar-refractivity contribution >= 4 is 42.1 Å². The first kappa shape index (κ1) is 20.9. The Morgan fingerprint density at radius 1 is 1.32 bits per heavy atom. The maximum absolute atomic E-state index is 11.9. The summed E-state index contributed by atoms with van der Waals surface area (Å²) in [6, 6.07) is 0. The number of hydrogen-bond donors (Lipinski definition) is 2. The van der Waals surface area contributed by atoms with Crippen LogP contribution in [0.3, 0.4) is 0 Å². The van der Waals surface area contributed by atoms with Crippen molar-refractivity contribution in [3.8, 4) is 0 Å². The molecule has 0 fully saturated rings. The van der Waals surface area contributed by atoms with Gasteiger partial charge in [-0.15, -0.1) is 36.2 Å². The van der Waals surface area contributed by atoms with E-state index in [1.165, 1.54) is 11.3 Å². The molecule has 0 saturated carbocycles. The molecule has 1 amide bonds. The number of thiazole rings is 1. The van der Waals surface area contributed by atoms with Gasteiger partial charge in [-0.1, -0.05) is 6.92 Å². The number of carbonyl (C=O) groups excluding carboxylic acids is 1. The summed E-state index contributed by atoms with van der Waals surface area (Å²) in [5, 5.41) is 7.03. The maximum Gasteiger partial charge on any atom is 0.263 e. The molecule has 112 valence electrons. The third kappa shape index (κ3) is 7.11. The predicted octanol–water partition coefficient (Wildman–Crippen LogP) is 2.59. The molecular weight excluding hydrogens is 305 g/mol. The van der Waals surface area contributed by atoms with Crippen molar-refractivity contribution in [1.82, 2.24) is 15.6 Å². The summed E-state index contributed by atoms with van der Waals surface area (Å²) in [6.45, 7) is 5.65. The second-order valence-corrected chi connectivity index (χ2v) is 5.07. The zero-order valence-corrected chi connectivity index (χ0v) is 14.1. The van der Waals surface area contributed by atoms with Crippen LogP contribution in [-0.4, -0.2) is 31.0 Å². The average Bonchev–Trinajstić information content (AvgIpc) is 2.66. The standard InChI is InChI=1S/C12H21N3OS.2ClH/c1-4-6-10-15-9(2)11(17-10)12(16)14-8-5-7-13-3;;/h13H,4-8H2,1-3H3,(H,14,16);2*1H. The van der Waals surface area contributed by atoms with Crippen LogP contribution in [0.2, 0.25) is 0 Å². The number of halogens is 2. The quantitative estimate of drug-likeness (QED) is 0.757. The molecule has 2 N–H and O–H groups in total. The molecule has 0 aromatic carbocycles. The molecule has 0 radical (unpaired) electrons. The molecule has 0 bridgehead atoms. The van der Waals surface area contributed by atoms with Gasteiger partial charge in [0.2, 0.25) is 0 Å². The maximum atomic E-state index is 11.9. The first-order valence-electron chi connectivity index (χ1n) is 6.08. The lowest BCUT2D eigenvalue weighted by Crippen LogP contribution is -2.26. The molecule has 0 atom stereocenters. The number of rotatable bonds is 7. The highest BCUT2D eigenvalue weighted by atomic mass is 35.5. The smallest absolute Gasteiger partial charge is 0.263 e. The van der Waals surface area contributed by atoms with Gasteiger partial charge in [0.15, 0.2) is 0 Å². The molecule has 0 saturated heterocycles. The summed E-state index contributed by atoms with van der Waals surface area (Å²) < 4.78 is 0. The Labute approximate surface area is 131 Å². The van der Waals surface area contributed by atoms with Crippen molar-refractivity contribution in [1.29, 1.82) is 0 Å². The second-order valence-electron chi connectivity index (χ2n) is 3.99. The van der Waals surface area contributed by atoms with Crippen molar-refractivity contribution in [3.05, 3.63) is 15.6 Å². The average molecular weight is 328 g/mol. The van der Waals surface area contributed by atoms with Crippen LogP contribution in [0, 0.1) is 6.92 Å². The summed E-state index contributed by atoms with van der Waals surface area (Å²) >= 11 is 1.52. The third-order valence-electron chi connectivity index (χ3n) is 2.40. The van der Waals surface area contributed by atoms with Gasteiger partial charge < -0.3 is 10.6 Å². The zero-order chi connectivity index (χ0) is 12.7. The molecular formula is C12H23Cl2N3OS. The highest BCUT2D eigenvalue weighted by Crippen LogP contribution is 2.19. The monoisotopic (exact) mass is 327 g/mol. The fourth-order valence-corrected chi connectivity index (χ4v) is 2.61. The minimum atomic E-state index is 0. The van der Waals surface area contributed by atoms with Crippen LogP contribution < -0.4 is 10.6 Å². The van der Waals surface area contributed by atoms with Crippen LogP contribution in [0.15, 0.2) is 0 Å². The van der Waals surface area contributed by atoms with E-state index in [2.05, 4.69) is 22.5 Å². The Kier molecular flexibility index (Phi) is 12.6. The summed E-state index contributed by atoms with van der Waals surface area (Å²) in [7, 11) is 1.91. The van der Waals surface area contributed by atoms with E-state index in [9.17, 15) is 4.79 Å². The van der Waals surface area contributed by atoms with Gasteiger partial charge in [-0.25, -0.2) is 4.98 Å². The molecule has 1 aromatic rings. The predicted molar refractivity (Wildman–Crippen MR) is 86.2 cm³/mol. The van der Waals surface area contributed by atoms with Crippen molar-refractivity contribution < 1.29 is 4.79 Å². The summed E-state index contributed by atoms with van der Waals surface area (Å²) in [4.78, 5) is 17.1. The zero-order valence-electron chi connectivity index (χ0n) is 11.6. The lowest BCUT2D eigenvalue weighted by atomic mass is 10.3. The van der Waals surface area contributed by atoms with Gasteiger partial charge in [0, 0.05) is 6.54 Å². The van der Waals surface area contributed by atoms with Gasteiger partial charge in [-0.2, -0.15) is 0 Å². The number of nitrogens with one attached hydrogen (secondary N) is 2. The SMILES string of the molecule is CCCc1nc(C)c(C(=O)NCCCNC)s1.Cl.Cl. The number of aryl methyl sites for hydroxylation is 2. The molecule has 1 rings (SSSR count). The summed E-state index contributed by atoms with van der Waals surface area (Å²) in [5.41, 5.74) is 0.851. The minimum absolute atomic E-state index is 0. The number of nitrogens with zero attached hydrogens (tertiary/aromatic N) is 1. The van der Waals surface area contributed by atoms with E-state index >= 15 is 0 Å². The lowest BCUT2D eigenvalue weighted by Gasteiger charge is -2.03. The van der Waals surface area contributed by atoms with Gasteiger partial charge in [0.25, 0.3) is 5.91 Å². The van der Waals surface area contributed by atoms with Gasteiger partial charge >= 0.3 is 0 Å². The first-order valence-corrected chi connectivity index (χ1v) is 6.89. The molecule has 0 spiro atoms. The Morgan fingerprint density at radius 2 is 2.00 bits per heavy atom. The number of hydrogen-bond acceptors (Lipinski definition) is 4. The van der Waals surface area contributed by atoms with E-state index in [-0.39, 0.29) is 30.7 Å². The van der Waals surface area contributed by atoms with E-state index < -0.39 is 0 Å². The first-order chi connectivity index (χ1) is 8.19. The van der Waals surface area contributed by atoms with Crippen molar-refractivity contribution in [2.75, 3.05) is 20.1 Å². The Morgan fingerprint density at radius 3 is 2.58 bits per heavy atom. The second kappa shape index (κ2) is 11.5. The minimum Gasteiger partial charge on any atom is -0.351 e. The van der Waals surface area contributed by atoms with Crippen LogP contribution in [-0.2, 0) is 6.42 Å². The van der Waals surface area contributed by atoms with Crippen molar-refractivity contribution in [2.24, 2.45) is 0 Å². The molecule has 0 aliphatic heterocycles. The van der Waals surface area contributed by atoms with Gasteiger partial charge in [0.1, 0.15) is 4.88 Å². The van der Waals surface area contributed by atoms with E-state index in [0.29, 0.717) is 6.54 Å².